The summed E-state index contributed by atoms with van der Waals surface area (Å²) in [6, 6.07) is 9.81. The highest BCUT2D eigenvalue weighted by Gasteiger charge is 2.22. The molecule has 0 spiro atoms. The molecule has 0 heterocycles. The molecular weight excluding hydrogens is 266 g/mol. The van der Waals surface area contributed by atoms with Gasteiger partial charge in [0.15, 0.2) is 0 Å². The van der Waals surface area contributed by atoms with Gasteiger partial charge in [-0.15, -0.1) is 5.92 Å². The summed E-state index contributed by atoms with van der Waals surface area (Å²) in [6.07, 6.45) is 3.15. The van der Waals surface area contributed by atoms with Crippen molar-refractivity contribution < 1.29 is 4.21 Å². The number of nitrogens with one attached hydrogen (secondary N) is 1. The Balaban J connectivity index is 2.85. The van der Waals surface area contributed by atoms with Gasteiger partial charge in [-0.1, -0.05) is 49.6 Å². The van der Waals surface area contributed by atoms with Gasteiger partial charge >= 0.3 is 0 Å². The number of hydrogen-bond donors (Lipinski definition) is 1. The molecule has 0 fully saturated rings. The van der Waals surface area contributed by atoms with E-state index in [1.807, 2.05) is 51.1 Å². The maximum absolute atomic E-state index is 12.3. The molecule has 110 valence electrons. The van der Waals surface area contributed by atoms with Gasteiger partial charge in [0.05, 0.1) is 15.7 Å². The van der Waals surface area contributed by atoms with Crippen molar-refractivity contribution in [3.8, 4) is 11.8 Å². The molecule has 0 aliphatic carbocycles. The van der Waals surface area contributed by atoms with E-state index >= 15 is 0 Å². The van der Waals surface area contributed by atoms with Crippen molar-refractivity contribution in [1.29, 1.82) is 0 Å². The predicted octanol–water partition coefficient (Wildman–Crippen LogP) is 3.97. The van der Waals surface area contributed by atoms with Crippen LogP contribution < -0.4 is 4.72 Å². The average Bonchev–Trinajstić information content (AvgIpc) is 2.42. The Kier molecular flexibility index (Phi) is 6.98. The summed E-state index contributed by atoms with van der Waals surface area (Å²) in [5, 5.41) is 0. The van der Waals surface area contributed by atoms with Crippen LogP contribution in [-0.2, 0) is 11.0 Å². The van der Waals surface area contributed by atoms with Crippen molar-refractivity contribution in [1.82, 2.24) is 4.72 Å². The van der Waals surface area contributed by atoms with Gasteiger partial charge in [-0.3, -0.25) is 0 Å². The Morgan fingerprint density at radius 1 is 1.25 bits per heavy atom. The summed E-state index contributed by atoms with van der Waals surface area (Å²) in [5.41, 5.74) is 1.06. The lowest BCUT2D eigenvalue weighted by molar-refractivity contribution is 0.628. The van der Waals surface area contributed by atoms with Crippen molar-refractivity contribution >= 4 is 11.0 Å². The molecule has 1 aromatic carbocycles. The van der Waals surface area contributed by atoms with Crippen LogP contribution >= 0.6 is 0 Å². The zero-order chi connectivity index (χ0) is 15.0. The molecule has 3 heteroatoms. The summed E-state index contributed by atoms with van der Waals surface area (Å²) in [6.45, 7) is 8.04. The van der Waals surface area contributed by atoms with Crippen molar-refractivity contribution in [3.05, 3.63) is 35.9 Å². The van der Waals surface area contributed by atoms with E-state index in [0.717, 1.165) is 24.8 Å². The van der Waals surface area contributed by atoms with Gasteiger partial charge in [0, 0.05) is 6.42 Å². The zero-order valence-corrected chi connectivity index (χ0v) is 13.7. The first-order chi connectivity index (χ1) is 9.45. The minimum absolute atomic E-state index is 0.173. The molecule has 0 bridgehead atoms. The van der Waals surface area contributed by atoms with Gasteiger partial charge in [-0.25, -0.2) is 8.93 Å². The zero-order valence-electron chi connectivity index (χ0n) is 12.9. The molecule has 20 heavy (non-hydrogen) atoms. The van der Waals surface area contributed by atoms with Crippen LogP contribution in [0.2, 0.25) is 0 Å². The molecule has 1 N–H and O–H groups in total. The van der Waals surface area contributed by atoms with Crippen LogP contribution in [0.5, 0.6) is 0 Å². The van der Waals surface area contributed by atoms with Crippen LogP contribution in [0.1, 0.15) is 58.6 Å². The Labute approximate surface area is 126 Å². The van der Waals surface area contributed by atoms with Crippen LogP contribution in [0.4, 0.5) is 0 Å². The maximum atomic E-state index is 12.3. The predicted molar refractivity (Wildman–Crippen MR) is 87.5 cm³/mol. The third-order valence-corrected chi connectivity index (χ3v) is 4.38. The quantitative estimate of drug-likeness (QED) is 0.645. The highest BCUT2D eigenvalue weighted by atomic mass is 32.2. The highest BCUT2D eigenvalue weighted by Crippen LogP contribution is 2.16. The maximum Gasteiger partial charge on any atom is 0.106 e. The minimum Gasteiger partial charge on any atom is -0.242 e. The fourth-order valence-corrected chi connectivity index (χ4v) is 2.31. The monoisotopic (exact) mass is 291 g/mol. The fraction of sp³-hybridized carbons (Fsp3) is 0.529. The molecule has 0 unspecified atom stereocenters. The second-order valence-corrected chi connectivity index (χ2v) is 7.77. The lowest BCUT2D eigenvalue weighted by Gasteiger charge is -2.21. The standard InChI is InChI=1S/C17H25NOS/c1-5-6-7-11-14-16(15-12-9-8-10-13-15)18-20(19)17(2,3)4/h8-10,12-13,16,18H,5-7H2,1-4H3/t16-,20-/m0/s1. The normalized spacial score (nSPS) is 14.2. The first kappa shape index (κ1) is 16.9. The Bertz CT molecular complexity index is 479. The largest absolute Gasteiger partial charge is 0.242 e. The van der Waals surface area contributed by atoms with E-state index < -0.39 is 11.0 Å². The second-order valence-electron chi connectivity index (χ2n) is 5.77. The summed E-state index contributed by atoms with van der Waals surface area (Å²) in [5.74, 6) is 6.41. The lowest BCUT2D eigenvalue weighted by atomic mass is 10.1. The smallest absolute Gasteiger partial charge is 0.106 e. The molecular formula is C17H25NOS. The Morgan fingerprint density at radius 2 is 1.90 bits per heavy atom. The van der Waals surface area contributed by atoms with E-state index in [-0.39, 0.29) is 10.8 Å². The van der Waals surface area contributed by atoms with Gasteiger partial charge in [0.1, 0.15) is 6.04 Å². The summed E-state index contributed by atoms with van der Waals surface area (Å²) >= 11 is 0. The van der Waals surface area contributed by atoms with Crippen molar-refractivity contribution in [2.75, 3.05) is 0 Å². The third-order valence-electron chi connectivity index (χ3n) is 2.82. The molecule has 2 atom stereocenters. The Morgan fingerprint density at radius 3 is 2.45 bits per heavy atom. The summed E-state index contributed by atoms with van der Waals surface area (Å²) in [4.78, 5) is 0. The molecule has 2 nitrogen and oxygen atoms in total. The van der Waals surface area contributed by atoms with Crippen LogP contribution in [0.3, 0.4) is 0 Å². The molecule has 1 rings (SSSR count). The lowest BCUT2D eigenvalue weighted by Crippen LogP contribution is -2.35. The minimum atomic E-state index is -1.13. The van der Waals surface area contributed by atoms with E-state index in [1.54, 1.807) is 0 Å². The molecule has 0 saturated carbocycles. The molecule has 0 amide bonds. The number of hydrogen-bond acceptors (Lipinski definition) is 1. The van der Waals surface area contributed by atoms with Crippen molar-refractivity contribution in [2.24, 2.45) is 0 Å². The van der Waals surface area contributed by atoms with Gasteiger partial charge in [-0.05, 0) is 32.8 Å². The van der Waals surface area contributed by atoms with E-state index in [9.17, 15) is 4.21 Å². The summed E-state index contributed by atoms with van der Waals surface area (Å²) < 4.78 is 15.1. The Hall–Kier alpha value is -1.11. The van der Waals surface area contributed by atoms with Gasteiger partial charge in [0.25, 0.3) is 0 Å². The topological polar surface area (TPSA) is 29.1 Å². The van der Waals surface area contributed by atoms with Gasteiger partial charge in [0.2, 0.25) is 0 Å². The number of benzene rings is 1. The van der Waals surface area contributed by atoms with Crippen LogP contribution in [0.25, 0.3) is 0 Å². The highest BCUT2D eigenvalue weighted by molar-refractivity contribution is 7.84. The SMILES string of the molecule is CCCCC#C[C@H](N[S@@](=O)C(C)(C)C)c1ccccc1. The summed E-state index contributed by atoms with van der Waals surface area (Å²) in [7, 11) is -1.13. The van der Waals surface area contributed by atoms with E-state index in [2.05, 4.69) is 23.5 Å². The first-order valence-corrected chi connectivity index (χ1v) is 8.31. The first-order valence-electron chi connectivity index (χ1n) is 7.16. The van der Waals surface area contributed by atoms with Crippen LogP contribution in [0.15, 0.2) is 30.3 Å². The van der Waals surface area contributed by atoms with E-state index in [1.165, 1.54) is 0 Å². The van der Waals surface area contributed by atoms with Crippen LogP contribution in [-0.4, -0.2) is 8.96 Å². The van der Waals surface area contributed by atoms with Gasteiger partial charge in [-0.2, -0.15) is 0 Å². The van der Waals surface area contributed by atoms with E-state index in [4.69, 9.17) is 0 Å². The fourth-order valence-electron chi connectivity index (χ4n) is 1.55. The third kappa shape index (κ3) is 5.90. The van der Waals surface area contributed by atoms with Crippen molar-refractivity contribution in [3.63, 3.8) is 0 Å². The van der Waals surface area contributed by atoms with Gasteiger partial charge < -0.3 is 0 Å². The van der Waals surface area contributed by atoms with Crippen molar-refractivity contribution in [2.45, 2.75) is 57.7 Å². The molecule has 0 saturated heterocycles. The van der Waals surface area contributed by atoms with E-state index in [0.29, 0.717) is 0 Å². The van der Waals surface area contributed by atoms with Crippen LogP contribution in [0, 0.1) is 11.8 Å². The molecule has 0 aliphatic rings. The number of rotatable bonds is 5. The second kappa shape index (κ2) is 8.24. The molecule has 0 aromatic heterocycles. The molecule has 0 aliphatic heterocycles. The number of unbranched alkanes of at least 4 members (excludes halogenated alkanes) is 2. The average molecular weight is 291 g/mol. The molecule has 1 aromatic rings. The molecule has 0 radical (unpaired) electrons.